The second kappa shape index (κ2) is 7.95. The highest BCUT2D eigenvalue weighted by atomic mass is 19.1. The predicted molar refractivity (Wildman–Crippen MR) is 78.5 cm³/mol. The highest BCUT2D eigenvalue weighted by molar-refractivity contribution is 5.93. The molecule has 1 aromatic carbocycles. The lowest BCUT2D eigenvalue weighted by Crippen LogP contribution is -2.24. The van der Waals surface area contributed by atoms with Crippen LogP contribution in [0, 0.1) is 5.82 Å². The number of benzene rings is 1. The first-order chi connectivity index (χ1) is 10.1. The lowest BCUT2D eigenvalue weighted by atomic mass is 10.1. The number of nitrogens with two attached hydrogens (primary N) is 1. The molecule has 116 valence electrons. The molecule has 3 N–H and O–H groups in total. The Hall–Kier alpha value is -1.66. The third-order valence-corrected chi connectivity index (χ3v) is 3.36. The molecule has 1 fully saturated rings. The average Bonchev–Trinajstić information content (AvgIpc) is 2.48. The first-order valence-corrected chi connectivity index (χ1v) is 7.19. The van der Waals surface area contributed by atoms with Crippen molar-refractivity contribution >= 4 is 17.3 Å². The van der Waals surface area contributed by atoms with Crippen LogP contribution in [0.4, 0.5) is 15.8 Å². The third kappa shape index (κ3) is 5.32. The van der Waals surface area contributed by atoms with Crippen molar-refractivity contribution in [2.24, 2.45) is 0 Å². The second-order valence-corrected chi connectivity index (χ2v) is 5.07. The molecule has 21 heavy (non-hydrogen) atoms. The lowest BCUT2D eigenvalue weighted by Gasteiger charge is -2.22. The van der Waals surface area contributed by atoms with Crippen molar-refractivity contribution in [2.45, 2.75) is 31.8 Å². The van der Waals surface area contributed by atoms with Crippen LogP contribution in [-0.4, -0.2) is 31.8 Å². The van der Waals surface area contributed by atoms with Gasteiger partial charge in [-0.25, -0.2) is 4.39 Å². The first kappa shape index (κ1) is 15.7. The van der Waals surface area contributed by atoms with E-state index in [1.54, 1.807) is 0 Å². The van der Waals surface area contributed by atoms with Gasteiger partial charge in [-0.05, 0) is 37.5 Å². The van der Waals surface area contributed by atoms with Gasteiger partial charge in [0.15, 0.2) is 0 Å². The topological polar surface area (TPSA) is 73.6 Å². The van der Waals surface area contributed by atoms with Crippen molar-refractivity contribution in [1.29, 1.82) is 0 Å². The van der Waals surface area contributed by atoms with Gasteiger partial charge in [0.1, 0.15) is 5.82 Å². The molecule has 0 aliphatic carbocycles. The van der Waals surface area contributed by atoms with Gasteiger partial charge in [-0.3, -0.25) is 4.79 Å². The van der Waals surface area contributed by atoms with Crippen molar-refractivity contribution in [1.82, 2.24) is 0 Å². The molecular weight excluding hydrogens is 275 g/mol. The Bertz CT molecular complexity index is 476. The van der Waals surface area contributed by atoms with E-state index in [-0.39, 0.29) is 17.7 Å². The Morgan fingerprint density at radius 1 is 1.43 bits per heavy atom. The van der Waals surface area contributed by atoms with E-state index in [0.717, 1.165) is 26.1 Å². The molecule has 0 radical (unpaired) electrons. The zero-order chi connectivity index (χ0) is 15.1. The summed E-state index contributed by atoms with van der Waals surface area (Å²) >= 11 is 0. The Kier molecular flexibility index (Phi) is 5.95. The van der Waals surface area contributed by atoms with Crippen LogP contribution in [0.15, 0.2) is 18.2 Å². The van der Waals surface area contributed by atoms with Gasteiger partial charge in [-0.1, -0.05) is 0 Å². The van der Waals surface area contributed by atoms with E-state index < -0.39 is 5.82 Å². The minimum atomic E-state index is -0.421. The fraction of sp³-hybridized carbons (Fsp3) is 0.533. The number of rotatable bonds is 6. The van der Waals surface area contributed by atoms with Gasteiger partial charge in [0, 0.05) is 26.2 Å². The maximum atomic E-state index is 12.9. The average molecular weight is 296 g/mol. The molecule has 0 atom stereocenters. The van der Waals surface area contributed by atoms with Crippen LogP contribution >= 0.6 is 0 Å². The number of carbonyl (C=O) groups is 1. The Morgan fingerprint density at radius 3 is 2.90 bits per heavy atom. The molecule has 1 amide bonds. The van der Waals surface area contributed by atoms with Crippen molar-refractivity contribution in [3.05, 3.63) is 24.0 Å². The molecular formula is C15H21FN2O3. The third-order valence-electron chi connectivity index (χ3n) is 3.36. The van der Waals surface area contributed by atoms with Gasteiger partial charge in [0.2, 0.25) is 5.91 Å². The van der Waals surface area contributed by atoms with Crippen molar-refractivity contribution in [2.75, 3.05) is 30.9 Å². The number of amides is 1. The number of nitrogen functional groups attached to an aromatic ring is 1. The standard InChI is InChI=1S/C15H21FN2O3/c16-11-3-4-14(13(17)10-11)18-15(19)2-1-7-21-12-5-8-20-9-6-12/h3-4,10,12H,1-2,5-9,17H2,(H,18,19). The highest BCUT2D eigenvalue weighted by Gasteiger charge is 2.14. The summed E-state index contributed by atoms with van der Waals surface area (Å²) in [6.45, 7) is 2.04. The SMILES string of the molecule is Nc1cc(F)ccc1NC(=O)CCCOC1CCOCC1. The van der Waals surface area contributed by atoms with Gasteiger partial charge in [0.05, 0.1) is 17.5 Å². The monoisotopic (exact) mass is 296 g/mol. The Morgan fingerprint density at radius 2 is 2.19 bits per heavy atom. The summed E-state index contributed by atoms with van der Waals surface area (Å²) in [6, 6.07) is 3.91. The molecule has 6 heteroatoms. The van der Waals surface area contributed by atoms with E-state index in [1.807, 2.05) is 0 Å². The van der Waals surface area contributed by atoms with E-state index in [9.17, 15) is 9.18 Å². The summed E-state index contributed by atoms with van der Waals surface area (Å²) in [7, 11) is 0. The number of ether oxygens (including phenoxy) is 2. The molecule has 1 aliphatic heterocycles. The van der Waals surface area contributed by atoms with Crippen LogP contribution < -0.4 is 11.1 Å². The van der Waals surface area contributed by atoms with Gasteiger partial charge < -0.3 is 20.5 Å². The van der Waals surface area contributed by atoms with Crippen molar-refractivity contribution in [3.8, 4) is 0 Å². The van der Waals surface area contributed by atoms with Crippen LogP contribution in [0.25, 0.3) is 0 Å². The van der Waals surface area contributed by atoms with E-state index >= 15 is 0 Å². The van der Waals surface area contributed by atoms with Gasteiger partial charge in [-0.2, -0.15) is 0 Å². The highest BCUT2D eigenvalue weighted by Crippen LogP contribution is 2.19. The van der Waals surface area contributed by atoms with E-state index in [2.05, 4.69) is 5.32 Å². The van der Waals surface area contributed by atoms with Crippen molar-refractivity contribution in [3.63, 3.8) is 0 Å². The van der Waals surface area contributed by atoms with Crippen LogP contribution in [0.5, 0.6) is 0 Å². The molecule has 0 spiro atoms. The number of hydrogen-bond donors (Lipinski definition) is 2. The number of anilines is 2. The number of hydrogen-bond acceptors (Lipinski definition) is 4. The zero-order valence-electron chi connectivity index (χ0n) is 11.9. The van der Waals surface area contributed by atoms with Gasteiger partial charge in [-0.15, -0.1) is 0 Å². The number of carbonyl (C=O) groups excluding carboxylic acids is 1. The summed E-state index contributed by atoms with van der Waals surface area (Å²) in [6.07, 6.45) is 3.07. The predicted octanol–water partition coefficient (Wildman–Crippen LogP) is 2.32. The molecule has 0 aromatic heterocycles. The maximum absolute atomic E-state index is 12.9. The first-order valence-electron chi connectivity index (χ1n) is 7.19. The van der Waals surface area contributed by atoms with Gasteiger partial charge >= 0.3 is 0 Å². The van der Waals surface area contributed by atoms with E-state index in [4.69, 9.17) is 15.2 Å². The summed E-state index contributed by atoms with van der Waals surface area (Å²) in [4.78, 5) is 11.8. The normalized spacial score (nSPS) is 15.9. The Balaban J connectivity index is 1.65. The number of nitrogens with one attached hydrogen (secondary N) is 1. The van der Waals surface area contributed by atoms with Crippen LogP contribution in [0.3, 0.4) is 0 Å². The van der Waals surface area contributed by atoms with Gasteiger partial charge in [0.25, 0.3) is 0 Å². The lowest BCUT2D eigenvalue weighted by molar-refractivity contribution is -0.116. The minimum Gasteiger partial charge on any atom is -0.397 e. The van der Waals surface area contributed by atoms with Crippen molar-refractivity contribution < 1.29 is 18.7 Å². The van der Waals surface area contributed by atoms with Crippen LogP contribution in [0.1, 0.15) is 25.7 Å². The Labute approximate surface area is 123 Å². The maximum Gasteiger partial charge on any atom is 0.224 e. The van der Waals surface area contributed by atoms with E-state index in [1.165, 1.54) is 18.2 Å². The largest absolute Gasteiger partial charge is 0.397 e. The molecule has 1 aliphatic rings. The smallest absolute Gasteiger partial charge is 0.224 e. The second-order valence-electron chi connectivity index (χ2n) is 5.07. The number of halogens is 1. The summed E-state index contributed by atoms with van der Waals surface area (Å²) in [5.74, 6) is -0.570. The molecule has 5 nitrogen and oxygen atoms in total. The van der Waals surface area contributed by atoms with Crippen LogP contribution in [0.2, 0.25) is 0 Å². The quantitative estimate of drug-likeness (QED) is 0.624. The molecule has 1 aromatic rings. The van der Waals surface area contributed by atoms with Crippen LogP contribution in [-0.2, 0) is 14.3 Å². The summed E-state index contributed by atoms with van der Waals surface area (Å²) in [5.41, 5.74) is 6.29. The molecule has 1 saturated heterocycles. The fourth-order valence-electron chi connectivity index (χ4n) is 2.19. The molecule has 2 rings (SSSR count). The summed E-state index contributed by atoms with van der Waals surface area (Å²) < 4.78 is 23.8. The molecule has 0 bridgehead atoms. The molecule has 1 heterocycles. The molecule has 0 unspecified atom stereocenters. The molecule has 0 saturated carbocycles. The fourth-order valence-corrected chi connectivity index (χ4v) is 2.19. The zero-order valence-corrected chi connectivity index (χ0v) is 11.9. The minimum absolute atomic E-state index is 0.149. The van der Waals surface area contributed by atoms with E-state index in [0.29, 0.717) is 25.1 Å². The summed E-state index contributed by atoms with van der Waals surface area (Å²) in [5, 5.41) is 2.67.